The molecule has 21 heavy (non-hydrogen) atoms. The zero-order valence-electron chi connectivity index (χ0n) is 12.7. The molecular formula is C15H21NO4S. The summed E-state index contributed by atoms with van der Waals surface area (Å²) in [6.07, 6.45) is 0. The number of carbonyl (C=O) groups is 2. The maximum absolute atomic E-state index is 12.2. The predicted octanol–water partition coefficient (Wildman–Crippen LogP) is 1.45. The van der Waals surface area contributed by atoms with Gasteiger partial charge in [0.15, 0.2) is 0 Å². The van der Waals surface area contributed by atoms with Crippen molar-refractivity contribution < 1.29 is 18.9 Å². The molecule has 1 aromatic rings. The van der Waals surface area contributed by atoms with E-state index in [4.69, 9.17) is 5.11 Å². The number of amides is 1. The lowest BCUT2D eigenvalue weighted by atomic mass is 10.0. The Balaban J connectivity index is 2.82. The number of aryl methyl sites for hydroxylation is 3. The first-order valence-electron chi connectivity index (χ1n) is 6.62. The van der Waals surface area contributed by atoms with E-state index in [1.165, 1.54) is 6.92 Å². The van der Waals surface area contributed by atoms with Crippen LogP contribution in [0.5, 0.6) is 0 Å². The molecule has 1 aromatic carbocycles. The van der Waals surface area contributed by atoms with Gasteiger partial charge >= 0.3 is 5.97 Å². The molecule has 0 saturated carbocycles. The van der Waals surface area contributed by atoms with Crippen molar-refractivity contribution in [2.45, 2.75) is 39.5 Å². The Morgan fingerprint density at radius 2 is 1.76 bits per heavy atom. The van der Waals surface area contributed by atoms with Crippen LogP contribution in [0.15, 0.2) is 12.1 Å². The molecule has 0 fully saturated rings. The van der Waals surface area contributed by atoms with Gasteiger partial charge in [-0.25, -0.2) is 4.79 Å². The molecule has 2 unspecified atom stereocenters. The van der Waals surface area contributed by atoms with Gasteiger partial charge in [0.2, 0.25) is 5.91 Å². The highest BCUT2D eigenvalue weighted by molar-refractivity contribution is 7.84. The van der Waals surface area contributed by atoms with Crippen LogP contribution in [0, 0.1) is 20.8 Å². The summed E-state index contributed by atoms with van der Waals surface area (Å²) < 4.78 is 12.2. The Kier molecular flexibility index (Phi) is 6.08. The fourth-order valence-corrected chi connectivity index (χ4v) is 3.76. The molecule has 2 atom stereocenters. The van der Waals surface area contributed by atoms with Gasteiger partial charge in [0.1, 0.15) is 6.04 Å². The normalized spacial score (nSPS) is 13.5. The van der Waals surface area contributed by atoms with E-state index in [0.29, 0.717) is 5.75 Å². The smallest absolute Gasteiger partial charge is 0.327 e. The van der Waals surface area contributed by atoms with Crippen molar-refractivity contribution in [3.05, 3.63) is 34.4 Å². The number of aliphatic carboxylic acids is 1. The highest BCUT2D eigenvalue weighted by Gasteiger charge is 2.22. The molecule has 6 heteroatoms. The fraction of sp³-hybridized carbons (Fsp3) is 0.467. The molecule has 116 valence electrons. The summed E-state index contributed by atoms with van der Waals surface area (Å²) in [6.45, 7) is 7.15. The molecule has 2 N–H and O–H groups in total. The number of carbonyl (C=O) groups excluding carboxylic acids is 1. The van der Waals surface area contributed by atoms with Gasteiger partial charge in [0.05, 0.1) is 5.75 Å². The minimum absolute atomic E-state index is 0.0956. The van der Waals surface area contributed by atoms with Crippen LogP contribution in [0.4, 0.5) is 0 Å². The minimum atomic E-state index is -1.36. The van der Waals surface area contributed by atoms with Crippen molar-refractivity contribution in [1.29, 1.82) is 0 Å². The third-order valence-corrected chi connectivity index (χ3v) is 4.49. The lowest BCUT2D eigenvalue weighted by Crippen LogP contribution is -2.43. The number of carboxylic acid groups (broad SMARTS) is 1. The number of nitrogens with one attached hydrogen (secondary N) is 1. The second kappa shape index (κ2) is 7.36. The summed E-state index contributed by atoms with van der Waals surface area (Å²) in [7, 11) is -1.36. The Morgan fingerprint density at radius 3 is 2.19 bits per heavy atom. The zero-order chi connectivity index (χ0) is 16.2. The Morgan fingerprint density at radius 1 is 1.24 bits per heavy atom. The van der Waals surface area contributed by atoms with Crippen LogP contribution in [0.1, 0.15) is 29.2 Å². The maximum Gasteiger partial charge on any atom is 0.327 e. The van der Waals surface area contributed by atoms with Crippen molar-refractivity contribution in [3.63, 3.8) is 0 Å². The number of rotatable bonds is 6. The van der Waals surface area contributed by atoms with E-state index >= 15 is 0 Å². The van der Waals surface area contributed by atoms with Crippen LogP contribution >= 0.6 is 0 Å². The summed E-state index contributed by atoms with van der Waals surface area (Å²) in [5.74, 6) is -1.42. The first kappa shape index (κ1) is 17.4. The molecule has 0 aliphatic carbocycles. The van der Waals surface area contributed by atoms with Crippen LogP contribution < -0.4 is 5.32 Å². The van der Waals surface area contributed by atoms with E-state index in [0.717, 1.165) is 22.3 Å². The van der Waals surface area contributed by atoms with Gasteiger partial charge in [0.25, 0.3) is 0 Å². The monoisotopic (exact) mass is 311 g/mol. The zero-order valence-corrected chi connectivity index (χ0v) is 13.5. The molecule has 0 aliphatic rings. The summed E-state index contributed by atoms with van der Waals surface area (Å²) in [4.78, 5) is 22.0. The second-order valence-corrected chi connectivity index (χ2v) is 6.72. The number of hydrogen-bond donors (Lipinski definition) is 2. The van der Waals surface area contributed by atoms with Crippen molar-refractivity contribution in [2.75, 3.05) is 5.75 Å². The van der Waals surface area contributed by atoms with Crippen molar-refractivity contribution >= 4 is 22.7 Å². The lowest BCUT2D eigenvalue weighted by molar-refractivity contribution is -0.140. The Labute approximate surface area is 127 Å². The average molecular weight is 311 g/mol. The third kappa shape index (κ3) is 5.30. The fourth-order valence-electron chi connectivity index (χ4n) is 2.26. The summed E-state index contributed by atoms with van der Waals surface area (Å²) >= 11 is 0. The maximum atomic E-state index is 12.2. The van der Waals surface area contributed by atoms with E-state index in [1.807, 2.05) is 32.9 Å². The van der Waals surface area contributed by atoms with Gasteiger partial charge in [-0.1, -0.05) is 17.7 Å². The van der Waals surface area contributed by atoms with E-state index in [9.17, 15) is 13.8 Å². The molecule has 0 bridgehead atoms. The van der Waals surface area contributed by atoms with E-state index in [2.05, 4.69) is 5.32 Å². The van der Waals surface area contributed by atoms with E-state index in [-0.39, 0.29) is 5.75 Å². The molecule has 0 aliphatic heterocycles. The number of carboxylic acids is 1. The van der Waals surface area contributed by atoms with Crippen LogP contribution in [-0.2, 0) is 26.1 Å². The number of hydrogen-bond acceptors (Lipinski definition) is 3. The van der Waals surface area contributed by atoms with Crippen LogP contribution in [0.3, 0.4) is 0 Å². The van der Waals surface area contributed by atoms with Crippen LogP contribution in [-0.4, -0.2) is 33.0 Å². The van der Waals surface area contributed by atoms with Crippen molar-refractivity contribution in [1.82, 2.24) is 5.32 Å². The van der Waals surface area contributed by atoms with Gasteiger partial charge in [-0.3, -0.25) is 9.00 Å². The highest BCUT2D eigenvalue weighted by Crippen LogP contribution is 2.18. The second-order valence-electron chi connectivity index (χ2n) is 5.22. The average Bonchev–Trinajstić information content (AvgIpc) is 2.32. The Bertz CT molecular complexity index is 560. The standard InChI is InChI=1S/C15H21NO4S/c1-9-5-10(2)13(11(3)6-9)7-21(20)8-14(15(18)19)16-12(4)17/h5-6,14H,7-8H2,1-4H3,(H,16,17)(H,18,19). The molecule has 0 saturated heterocycles. The lowest BCUT2D eigenvalue weighted by Gasteiger charge is -2.15. The highest BCUT2D eigenvalue weighted by atomic mass is 32.2. The van der Waals surface area contributed by atoms with E-state index in [1.54, 1.807) is 0 Å². The molecule has 1 amide bonds. The van der Waals surface area contributed by atoms with Gasteiger partial charge in [-0.05, 0) is 37.5 Å². The molecule has 0 radical (unpaired) electrons. The molecule has 0 heterocycles. The molecule has 0 aromatic heterocycles. The molecule has 5 nitrogen and oxygen atoms in total. The molecule has 1 rings (SSSR count). The first-order chi connectivity index (χ1) is 9.70. The predicted molar refractivity (Wildman–Crippen MR) is 82.6 cm³/mol. The molecule has 0 spiro atoms. The van der Waals surface area contributed by atoms with Crippen LogP contribution in [0.2, 0.25) is 0 Å². The van der Waals surface area contributed by atoms with E-state index < -0.39 is 28.7 Å². The summed E-state index contributed by atoms with van der Waals surface area (Å²) in [5.41, 5.74) is 4.21. The van der Waals surface area contributed by atoms with Gasteiger partial charge < -0.3 is 10.4 Å². The van der Waals surface area contributed by atoms with Crippen LogP contribution in [0.25, 0.3) is 0 Å². The largest absolute Gasteiger partial charge is 0.480 e. The Hall–Kier alpha value is -1.69. The van der Waals surface area contributed by atoms with Crippen molar-refractivity contribution in [2.24, 2.45) is 0 Å². The summed E-state index contributed by atoms with van der Waals surface area (Å²) in [6, 6.07) is 2.92. The van der Waals surface area contributed by atoms with Crippen molar-refractivity contribution in [3.8, 4) is 0 Å². The topological polar surface area (TPSA) is 83.5 Å². The van der Waals surface area contributed by atoms with Gasteiger partial charge in [0, 0.05) is 23.5 Å². The third-order valence-electron chi connectivity index (χ3n) is 3.17. The number of benzene rings is 1. The quantitative estimate of drug-likeness (QED) is 0.833. The summed E-state index contributed by atoms with van der Waals surface area (Å²) in [5, 5.41) is 11.3. The first-order valence-corrected chi connectivity index (χ1v) is 8.11. The minimum Gasteiger partial charge on any atom is -0.480 e. The molecular weight excluding hydrogens is 290 g/mol. The van der Waals surface area contributed by atoms with Gasteiger partial charge in [-0.2, -0.15) is 0 Å². The van der Waals surface area contributed by atoms with Gasteiger partial charge in [-0.15, -0.1) is 0 Å². The SMILES string of the molecule is CC(=O)NC(CS(=O)Cc1c(C)cc(C)cc1C)C(=O)O.